The van der Waals surface area contributed by atoms with E-state index >= 15 is 0 Å². The van der Waals surface area contributed by atoms with E-state index in [4.69, 9.17) is 11.6 Å². The molecule has 0 aliphatic rings. The summed E-state index contributed by atoms with van der Waals surface area (Å²) in [7, 11) is 0. The lowest BCUT2D eigenvalue weighted by Crippen LogP contribution is -1.75. The van der Waals surface area contributed by atoms with Crippen LogP contribution in [-0.4, -0.2) is 5.11 Å². The zero-order valence-corrected chi connectivity index (χ0v) is 10.2. The van der Waals surface area contributed by atoms with E-state index in [1.807, 2.05) is 11.4 Å². The molecule has 0 atom stereocenters. The third kappa shape index (κ3) is 1.80. The largest absolute Gasteiger partial charge is 0.507 e. The summed E-state index contributed by atoms with van der Waals surface area (Å²) in [4.78, 5) is 0.991. The fourth-order valence-corrected chi connectivity index (χ4v) is 2.96. The summed E-state index contributed by atoms with van der Waals surface area (Å²) >= 11 is 10.8. The van der Waals surface area contributed by atoms with E-state index in [0.717, 1.165) is 14.9 Å². The summed E-state index contributed by atoms with van der Waals surface area (Å²) in [6.45, 7) is 0. The number of phenols is 1. The van der Waals surface area contributed by atoms with Gasteiger partial charge < -0.3 is 5.11 Å². The molecule has 0 radical (unpaired) electrons. The molecule has 0 aliphatic carbocycles. The third-order valence-electron chi connectivity index (χ3n) is 1.82. The van der Waals surface area contributed by atoms with Gasteiger partial charge in [0.05, 0.1) is 4.88 Å². The standard InChI is InChI=1S/C10H6BrClOS/c11-8-3-4-14-10(8)7-5-6(12)1-2-9(7)13/h1-5,13H. The number of halogens is 2. The molecule has 72 valence electrons. The molecule has 1 aromatic carbocycles. The van der Waals surface area contributed by atoms with Crippen LogP contribution in [0.2, 0.25) is 5.02 Å². The predicted molar refractivity (Wildman–Crippen MR) is 64.1 cm³/mol. The van der Waals surface area contributed by atoms with Crippen LogP contribution in [0, 0.1) is 0 Å². The Labute approximate surface area is 99.1 Å². The van der Waals surface area contributed by atoms with Crippen LogP contribution in [0.3, 0.4) is 0 Å². The highest BCUT2D eigenvalue weighted by Gasteiger charge is 2.09. The zero-order valence-electron chi connectivity index (χ0n) is 7.00. The van der Waals surface area contributed by atoms with Gasteiger partial charge in [-0.3, -0.25) is 0 Å². The Morgan fingerprint density at radius 2 is 2.07 bits per heavy atom. The van der Waals surface area contributed by atoms with E-state index in [1.54, 1.807) is 29.5 Å². The number of rotatable bonds is 1. The molecule has 1 heterocycles. The van der Waals surface area contributed by atoms with Gasteiger partial charge >= 0.3 is 0 Å². The van der Waals surface area contributed by atoms with Crippen LogP contribution >= 0.6 is 38.9 Å². The Balaban J connectivity index is 2.62. The van der Waals surface area contributed by atoms with Crippen molar-refractivity contribution in [2.75, 3.05) is 0 Å². The van der Waals surface area contributed by atoms with Gasteiger partial charge in [0.25, 0.3) is 0 Å². The van der Waals surface area contributed by atoms with Crippen LogP contribution < -0.4 is 0 Å². The van der Waals surface area contributed by atoms with Crippen molar-refractivity contribution >= 4 is 38.9 Å². The van der Waals surface area contributed by atoms with Gasteiger partial charge in [-0.15, -0.1) is 11.3 Å². The minimum absolute atomic E-state index is 0.248. The second kappa shape index (κ2) is 3.93. The monoisotopic (exact) mass is 288 g/mol. The van der Waals surface area contributed by atoms with Crippen molar-refractivity contribution in [3.63, 3.8) is 0 Å². The first-order valence-corrected chi connectivity index (χ1v) is 5.95. The van der Waals surface area contributed by atoms with Gasteiger partial charge in [-0.1, -0.05) is 11.6 Å². The number of hydrogen-bond donors (Lipinski definition) is 1. The van der Waals surface area contributed by atoms with Crippen molar-refractivity contribution in [1.29, 1.82) is 0 Å². The summed E-state index contributed by atoms with van der Waals surface area (Å²) in [6, 6.07) is 6.97. The number of phenolic OH excluding ortho intramolecular Hbond substituents is 1. The molecular weight excluding hydrogens is 284 g/mol. The fourth-order valence-electron chi connectivity index (χ4n) is 1.18. The van der Waals surface area contributed by atoms with Gasteiger partial charge in [-0.05, 0) is 45.6 Å². The van der Waals surface area contributed by atoms with Crippen molar-refractivity contribution in [2.24, 2.45) is 0 Å². The smallest absolute Gasteiger partial charge is 0.124 e. The SMILES string of the molecule is Oc1ccc(Cl)cc1-c1sccc1Br. The average molecular weight is 290 g/mol. The van der Waals surface area contributed by atoms with Gasteiger partial charge in [-0.2, -0.15) is 0 Å². The van der Waals surface area contributed by atoms with E-state index in [9.17, 15) is 5.11 Å². The predicted octanol–water partition coefficient (Wildman–Crippen LogP) is 4.54. The molecule has 1 N–H and O–H groups in total. The molecule has 0 spiro atoms. The average Bonchev–Trinajstić information content (AvgIpc) is 2.56. The van der Waals surface area contributed by atoms with Crippen LogP contribution in [0.1, 0.15) is 0 Å². The first-order valence-electron chi connectivity index (χ1n) is 3.90. The number of hydrogen-bond acceptors (Lipinski definition) is 2. The molecule has 2 rings (SSSR count). The summed E-state index contributed by atoms with van der Waals surface area (Å²) in [6.07, 6.45) is 0. The van der Waals surface area contributed by atoms with Gasteiger partial charge in [0.15, 0.2) is 0 Å². The molecule has 0 bridgehead atoms. The van der Waals surface area contributed by atoms with Gasteiger partial charge in [0, 0.05) is 15.1 Å². The first kappa shape index (κ1) is 10.0. The third-order valence-corrected chi connectivity index (χ3v) is 3.93. The molecule has 0 saturated heterocycles. The number of benzene rings is 1. The Morgan fingerprint density at radius 3 is 2.71 bits per heavy atom. The van der Waals surface area contributed by atoms with Crippen molar-refractivity contribution in [3.05, 3.63) is 39.1 Å². The summed E-state index contributed by atoms with van der Waals surface area (Å²) in [5, 5.41) is 12.2. The van der Waals surface area contributed by atoms with E-state index in [-0.39, 0.29) is 5.75 Å². The summed E-state index contributed by atoms with van der Waals surface area (Å²) < 4.78 is 0.972. The maximum absolute atomic E-state index is 9.66. The number of thiophene rings is 1. The maximum atomic E-state index is 9.66. The van der Waals surface area contributed by atoms with Crippen LogP contribution in [0.15, 0.2) is 34.1 Å². The molecule has 0 aliphatic heterocycles. The van der Waals surface area contributed by atoms with Gasteiger partial charge in [0.1, 0.15) is 5.75 Å². The van der Waals surface area contributed by atoms with Crippen LogP contribution in [0.4, 0.5) is 0 Å². The van der Waals surface area contributed by atoms with E-state index < -0.39 is 0 Å². The highest BCUT2D eigenvalue weighted by molar-refractivity contribution is 9.10. The van der Waals surface area contributed by atoms with E-state index in [1.165, 1.54) is 0 Å². The Bertz CT molecular complexity index is 467. The summed E-state index contributed by atoms with van der Waals surface area (Å²) in [5.74, 6) is 0.248. The molecule has 1 nitrogen and oxygen atoms in total. The molecular formula is C10H6BrClOS. The topological polar surface area (TPSA) is 20.2 Å². The highest BCUT2D eigenvalue weighted by Crippen LogP contribution is 2.39. The van der Waals surface area contributed by atoms with Crippen LogP contribution in [-0.2, 0) is 0 Å². The lowest BCUT2D eigenvalue weighted by atomic mass is 10.1. The van der Waals surface area contributed by atoms with Crippen molar-refractivity contribution in [1.82, 2.24) is 0 Å². The van der Waals surface area contributed by atoms with Crippen LogP contribution in [0.25, 0.3) is 10.4 Å². The summed E-state index contributed by atoms with van der Waals surface area (Å²) in [5.41, 5.74) is 0.763. The van der Waals surface area contributed by atoms with Crippen molar-refractivity contribution < 1.29 is 5.11 Å². The van der Waals surface area contributed by atoms with Gasteiger partial charge in [-0.25, -0.2) is 0 Å². The van der Waals surface area contributed by atoms with Gasteiger partial charge in [0.2, 0.25) is 0 Å². The second-order valence-electron chi connectivity index (χ2n) is 2.76. The molecule has 0 saturated carbocycles. The Morgan fingerprint density at radius 1 is 1.29 bits per heavy atom. The Hall–Kier alpha value is -0.510. The molecule has 14 heavy (non-hydrogen) atoms. The highest BCUT2D eigenvalue weighted by atomic mass is 79.9. The quantitative estimate of drug-likeness (QED) is 0.817. The fraction of sp³-hybridized carbons (Fsp3) is 0. The van der Waals surface area contributed by atoms with E-state index in [2.05, 4.69) is 15.9 Å². The molecule has 4 heteroatoms. The van der Waals surface area contributed by atoms with Crippen molar-refractivity contribution in [3.8, 4) is 16.2 Å². The molecule has 0 fully saturated rings. The first-order chi connectivity index (χ1) is 6.68. The minimum atomic E-state index is 0.248. The van der Waals surface area contributed by atoms with E-state index in [0.29, 0.717) is 5.02 Å². The second-order valence-corrected chi connectivity index (χ2v) is 4.97. The zero-order chi connectivity index (χ0) is 10.1. The lowest BCUT2D eigenvalue weighted by Gasteiger charge is -2.03. The molecule has 0 amide bonds. The lowest BCUT2D eigenvalue weighted by molar-refractivity contribution is 0.477. The maximum Gasteiger partial charge on any atom is 0.124 e. The number of aromatic hydroxyl groups is 1. The Kier molecular flexibility index (Phi) is 2.81. The van der Waals surface area contributed by atoms with Crippen LogP contribution in [0.5, 0.6) is 5.75 Å². The minimum Gasteiger partial charge on any atom is -0.507 e. The van der Waals surface area contributed by atoms with Crippen molar-refractivity contribution in [2.45, 2.75) is 0 Å². The molecule has 0 unspecified atom stereocenters. The molecule has 1 aromatic heterocycles. The normalized spacial score (nSPS) is 10.4. The molecule has 2 aromatic rings.